The summed E-state index contributed by atoms with van der Waals surface area (Å²) in [6, 6.07) is 11.9. The fraction of sp³-hybridized carbons (Fsp3) is 0.143. The molecule has 0 spiro atoms. The summed E-state index contributed by atoms with van der Waals surface area (Å²) >= 11 is 8.21. The zero-order valence-electron chi connectivity index (χ0n) is 10.4. The van der Waals surface area contributed by atoms with E-state index in [9.17, 15) is 10.1 Å². The van der Waals surface area contributed by atoms with Gasteiger partial charge in [-0.15, -0.1) is 0 Å². The number of hydrogen-bond acceptors (Lipinski definition) is 3. The lowest BCUT2D eigenvalue weighted by atomic mass is 9.99. The van der Waals surface area contributed by atoms with Crippen molar-refractivity contribution in [3.63, 3.8) is 0 Å². The van der Waals surface area contributed by atoms with Gasteiger partial charge in [0, 0.05) is 21.2 Å². The van der Waals surface area contributed by atoms with Gasteiger partial charge in [0.1, 0.15) is 0 Å². The second kappa shape index (κ2) is 6.51. The fourth-order valence-corrected chi connectivity index (χ4v) is 2.48. The number of benzene rings is 2. The first-order chi connectivity index (χ1) is 9.49. The molecule has 0 heterocycles. The van der Waals surface area contributed by atoms with E-state index in [0.29, 0.717) is 17.0 Å². The molecule has 2 rings (SSSR count). The van der Waals surface area contributed by atoms with E-state index in [-0.39, 0.29) is 16.7 Å². The summed E-state index contributed by atoms with van der Waals surface area (Å²) in [7, 11) is 0. The Labute approximate surface area is 135 Å². The van der Waals surface area contributed by atoms with Crippen LogP contribution in [0.4, 0.5) is 5.69 Å². The standard InChI is InChI=1S/C14H12ClIN2O2/c15-11-7-9(5-6-12(11)16)13(17)8-10-3-1-2-4-14(10)18(19)20/h1-7,13H,8,17H2. The van der Waals surface area contributed by atoms with E-state index >= 15 is 0 Å². The zero-order valence-corrected chi connectivity index (χ0v) is 13.3. The number of nitro benzene ring substituents is 1. The minimum atomic E-state index is -0.386. The summed E-state index contributed by atoms with van der Waals surface area (Å²) in [4.78, 5) is 10.6. The van der Waals surface area contributed by atoms with E-state index in [4.69, 9.17) is 17.3 Å². The molecule has 1 unspecified atom stereocenters. The number of rotatable bonds is 4. The van der Waals surface area contributed by atoms with Crippen LogP contribution in [0.25, 0.3) is 0 Å². The topological polar surface area (TPSA) is 69.2 Å². The predicted octanol–water partition coefficient (Wildman–Crippen LogP) is 4.10. The normalized spacial score (nSPS) is 12.2. The van der Waals surface area contributed by atoms with Gasteiger partial charge in [-0.1, -0.05) is 35.9 Å². The Hall–Kier alpha value is -1.18. The molecule has 0 amide bonds. The van der Waals surface area contributed by atoms with Crippen LogP contribution in [0, 0.1) is 13.7 Å². The van der Waals surface area contributed by atoms with Crippen molar-refractivity contribution in [2.45, 2.75) is 12.5 Å². The van der Waals surface area contributed by atoms with E-state index < -0.39 is 0 Å². The van der Waals surface area contributed by atoms with Crippen LogP contribution in [0.2, 0.25) is 5.02 Å². The van der Waals surface area contributed by atoms with Gasteiger partial charge in [0.15, 0.2) is 0 Å². The Kier molecular flexibility index (Phi) is 4.95. The van der Waals surface area contributed by atoms with E-state index in [0.717, 1.165) is 9.13 Å². The average Bonchev–Trinajstić information content (AvgIpc) is 2.42. The van der Waals surface area contributed by atoms with Gasteiger partial charge in [0.05, 0.1) is 9.95 Å². The molecule has 1 atom stereocenters. The monoisotopic (exact) mass is 402 g/mol. The third-order valence-corrected chi connectivity index (χ3v) is 4.57. The van der Waals surface area contributed by atoms with Crippen LogP contribution in [0.3, 0.4) is 0 Å². The van der Waals surface area contributed by atoms with Crippen LogP contribution < -0.4 is 5.73 Å². The highest BCUT2D eigenvalue weighted by Gasteiger charge is 2.16. The summed E-state index contributed by atoms with van der Waals surface area (Å²) in [5.74, 6) is 0. The first-order valence-electron chi connectivity index (χ1n) is 5.92. The Bertz CT molecular complexity index is 649. The van der Waals surface area contributed by atoms with Gasteiger partial charge in [-0.2, -0.15) is 0 Å². The van der Waals surface area contributed by atoms with Crippen molar-refractivity contribution in [3.05, 3.63) is 72.3 Å². The highest BCUT2D eigenvalue weighted by molar-refractivity contribution is 14.1. The van der Waals surface area contributed by atoms with E-state index in [1.807, 2.05) is 18.2 Å². The Morgan fingerprint density at radius 3 is 2.65 bits per heavy atom. The highest BCUT2D eigenvalue weighted by Crippen LogP contribution is 2.26. The Balaban J connectivity index is 2.25. The van der Waals surface area contributed by atoms with Crippen LogP contribution in [0.5, 0.6) is 0 Å². The molecule has 20 heavy (non-hydrogen) atoms. The maximum Gasteiger partial charge on any atom is 0.272 e. The summed E-state index contributed by atoms with van der Waals surface area (Å²) in [6.45, 7) is 0. The molecule has 2 aromatic rings. The van der Waals surface area contributed by atoms with Crippen molar-refractivity contribution in [2.75, 3.05) is 0 Å². The van der Waals surface area contributed by atoms with Crippen molar-refractivity contribution in [1.29, 1.82) is 0 Å². The number of nitrogens with zero attached hydrogens (tertiary/aromatic N) is 1. The molecule has 0 bridgehead atoms. The van der Waals surface area contributed by atoms with Crippen LogP contribution >= 0.6 is 34.2 Å². The molecular weight excluding hydrogens is 391 g/mol. The molecular formula is C14H12ClIN2O2. The third kappa shape index (κ3) is 3.47. The van der Waals surface area contributed by atoms with E-state index in [1.54, 1.807) is 18.2 Å². The van der Waals surface area contributed by atoms with Crippen molar-refractivity contribution in [2.24, 2.45) is 5.73 Å². The molecule has 104 valence electrons. The van der Waals surface area contributed by atoms with E-state index in [2.05, 4.69) is 22.6 Å². The smallest absolute Gasteiger partial charge is 0.272 e. The maximum atomic E-state index is 11.0. The quantitative estimate of drug-likeness (QED) is 0.476. The van der Waals surface area contributed by atoms with Crippen LogP contribution in [-0.2, 0) is 6.42 Å². The fourth-order valence-electron chi connectivity index (χ4n) is 1.96. The summed E-state index contributed by atoms with van der Waals surface area (Å²) in [5.41, 5.74) is 7.72. The molecule has 0 aliphatic carbocycles. The molecule has 2 aromatic carbocycles. The molecule has 2 N–H and O–H groups in total. The van der Waals surface area contributed by atoms with Gasteiger partial charge < -0.3 is 5.73 Å². The average molecular weight is 403 g/mol. The van der Waals surface area contributed by atoms with E-state index in [1.165, 1.54) is 6.07 Å². The van der Waals surface area contributed by atoms with Gasteiger partial charge in [0.2, 0.25) is 0 Å². The Morgan fingerprint density at radius 1 is 1.30 bits per heavy atom. The van der Waals surface area contributed by atoms with Crippen LogP contribution in [0.15, 0.2) is 42.5 Å². The van der Waals surface area contributed by atoms with Gasteiger partial charge in [-0.25, -0.2) is 0 Å². The van der Waals surface area contributed by atoms with Gasteiger partial charge >= 0.3 is 0 Å². The number of hydrogen-bond donors (Lipinski definition) is 1. The third-order valence-electron chi connectivity index (χ3n) is 3.00. The van der Waals surface area contributed by atoms with Crippen molar-refractivity contribution >= 4 is 39.9 Å². The highest BCUT2D eigenvalue weighted by atomic mass is 127. The number of nitrogens with two attached hydrogens (primary N) is 1. The minimum absolute atomic E-state index is 0.0968. The summed E-state index contributed by atoms with van der Waals surface area (Å²) in [5, 5.41) is 11.6. The van der Waals surface area contributed by atoms with Gasteiger partial charge in [0.25, 0.3) is 5.69 Å². The van der Waals surface area contributed by atoms with Gasteiger partial charge in [-0.05, 0) is 46.7 Å². The number of para-hydroxylation sites is 1. The molecule has 0 aromatic heterocycles. The lowest BCUT2D eigenvalue weighted by molar-refractivity contribution is -0.385. The Morgan fingerprint density at radius 2 is 2.00 bits per heavy atom. The largest absolute Gasteiger partial charge is 0.324 e. The van der Waals surface area contributed by atoms with Crippen molar-refractivity contribution in [3.8, 4) is 0 Å². The lowest BCUT2D eigenvalue weighted by Crippen LogP contribution is -2.14. The van der Waals surface area contributed by atoms with Crippen molar-refractivity contribution in [1.82, 2.24) is 0 Å². The number of nitro groups is 1. The van der Waals surface area contributed by atoms with Gasteiger partial charge in [-0.3, -0.25) is 10.1 Å². The van der Waals surface area contributed by atoms with Crippen molar-refractivity contribution < 1.29 is 4.92 Å². The first-order valence-corrected chi connectivity index (χ1v) is 7.37. The molecule has 6 heteroatoms. The van der Waals surface area contributed by atoms with Crippen LogP contribution in [-0.4, -0.2) is 4.92 Å². The SMILES string of the molecule is NC(Cc1ccccc1[N+](=O)[O-])c1ccc(I)c(Cl)c1. The van der Waals surface area contributed by atoms with Crippen LogP contribution in [0.1, 0.15) is 17.2 Å². The molecule has 0 fully saturated rings. The molecule has 0 aliphatic heterocycles. The summed E-state index contributed by atoms with van der Waals surface area (Å²) < 4.78 is 0.950. The molecule has 0 radical (unpaired) electrons. The lowest BCUT2D eigenvalue weighted by Gasteiger charge is -2.13. The molecule has 0 aliphatic rings. The number of halogens is 2. The molecule has 4 nitrogen and oxygen atoms in total. The second-order valence-corrected chi connectivity index (χ2v) is 5.94. The minimum Gasteiger partial charge on any atom is -0.324 e. The molecule has 0 saturated heterocycles. The maximum absolute atomic E-state index is 11.0. The zero-order chi connectivity index (χ0) is 14.7. The first kappa shape index (κ1) is 15.2. The molecule has 0 saturated carbocycles. The predicted molar refractivity (Wildman–Crippen MR) is 87.9 cm³/mol. The summed E-state index contributed by atoms with van der Waals surface area (Å²) in [6.07, 6.45) is 0.397. The second-order valence-electron chi connectivity index (χ2n) is 4.37.